The first-order valence-electron chi connectivity index (χ1n) is 15.1. The molecule has 0 aliphatic heterocycles. The molecule has 9 atom stereocenters. The maximum absolute atomic E-state index is 14.4. The highest BCUT2D eigenvalue weighted by atomic mass is 16.6. The number of hydrogen-bond acceptors (Lipinski definition) is 4. The van der Waals surface area contributed by atoms with Crippen molar-refractivity contribution in [1.82, 2.24) is 5.48 Å². The first-order chi connectivity index (χ1) is 17.6. The van der Waals surface area contributed by atoms with E-state index in [0.29, 0.717) is 11.7 Å². The van der Waals surface area contributed by atoms with E-state index in [4.69, 9.17) is 4.84 Å². The fraction of sp³-hybridized carbons (Fsp3) is 0.818. The van der Waals surface area contributed by atoms with Crippen LogP contribution in [-0.2, 0) is 14.4 Å². The highest BCUT2D eigenvalue weighted by Crippen LogP contribution is 2.75. The minimum Gasteiger partial charge on any atom is -0.393 e. The van der Waals surface area contributed by atoms with Gasteiger partial charge >= 0.3 is 0 Å². The molecule has 0 aromatic heterocycles. The van der Waals surface area contributed by atoms with Gasteiger partial charge < -0.3 is 5.11 Å². The van der Waals surface area contributed by atoms with Crippen molar-refractivity contribution in [1.29, 1.82) is 0 Å². The molecule has 5 aliphatic carbocycles. The average Bonchev–Trinajstić information content (AvgIpc) is 2.84. The molecule has 0 aromatic rings. The van der Waals surface area contributed by atoms with Crippen molar-refractivity contribution < 1.29 is 19.5 Å². The molecule has 4 fully saturated rings. The number of allylic oxidation sites excluding steroid dienone is 2. The van der Waals surface area contributed by atoms with Crippen LogP contribution >= 0.6 is 0 Å². The molecule has 0 bridgehead atoms. The molecule has 5 aliphatic rings. The van der Waals surface area contributed by atoms with Gasteiger partial charge in [-0.2, -0.15) is 0 Å². The molecule has 0 aromatic carbocycles. The zero-order valence-corrected chi connectivity index (χ0v) is 24.9. The van der Waals surface area contributed by atoms with E-state index in [-0.39, 0.29) is 57.5 Å². The lowest BCUT2D eigenvalue weighted by molar-refractivity contribution is -0.202. The average molecular weight is 526 g/mol. The Morgan fingerprint density at radius 3 is 2.42 bits per heavy atom. The first kappa shape index (κ1) is 28.1. The lowest BCUT2D eigenvalue weighted by atomic mass is 9.33. The Morgan fingerprint density at radius 1 is 1.05 bits per heavy atom. The second-order valence-electron chi connectivity index (χ2n) is 15.7. The number of rotatable bonds is 4. The molecule has 5 nitrogen and oxygen atoms in total. The monoisotopic (exact) mass is 525 g/mol. The van der Waals surface area contributed by atoms with Gasteiger partial charge in [0, 0.05) is 11.3 Å². The van der Waals surface area contributed by atoms with Crippen molar-refractivity contribution in [3.8, 4) is 0 Å². The Kier molecular flexibility index (Phi) is 6.48. The van der Waals surface area contributed by atoms with Crippen molar-refractivity contribution in [3.05, 3.63) is 24.3 Å². The number of carbonyl (C=O) groups is 2. The van der Waals surface area contributed by atoms with Crippen LogP contribution in [0.1, 0.15) is 106 Å². The predicted octanol–water partition coefficient (Wildman–Crippen LogP) is 6.56. The van der Waals surface area contributed by atoms with Gasteiger partial charge in [-0.05, 0) is 103 Å². The summed E-state index contributed by atoms with van der Waals surface area (Å²) in [5.74, 6) is 0.767. The minimum absolute atomic E-state index is 0.0239. The van der Waals surface area contributed by atoms with Crippen LogP contribution < -0.4 is 5.48 Å². The topological polar surface area (TPSA) is 75.6 Å². The van der Waals surface area contributed by atoms with Gasteiger partial charge in [-0.3, -0.25) is 14.4 Å². The molecule has 0 spiro atoms. The lowest BCUT2D eigenvalue weighted by Crippen LogP contribution is -2.66. The Bertz CT molecular complexity index is 1060. The zero-order chi connectivity index (χ0) is 27.9. The third-order valence-corrected chi connectivity index (χ3v) is 13.5. The summed E-state index contributed by atoms with van der Waals surface area (Å²) in [4.78, 5) is 33.0. The Hall–Kier alpha value is -1.46. The SMILES string of the molecule is C=CCONC(=O)C1(C)CCC2(C)CCC3(C)C(=CC(=O)C4C5(C)CCC(O)C(C)(C)C5CCC43C)C2C1. The van der Waals surface area contributed by atoms with Gasteiger partial charge in [-0.25, -0.2) is 5.48 Å². The van der Waals surface area contributed by atoms with Gasteiger partial charge in [0.25, 0.3) is 0 Å². The smallest absolute Gasteiger partial charge is 0.249 e. The molecule has 0 radical (unpaired) electrons. The number of amides is 1. The summed E-state index contributed by atoms with van der Waals surface area (Å²) in [5.41, 5.74) is 3.08. The van der Waals surface area contributed by atoms with Crippen LogP contribution in [0.15, 0.2) is 24.3 Å². The van der Waals surface area contributed by atoms with Crippen LogP contribution in [0.25, 0.3) is 0 Å². The van der Waals surface area contributed by atoms with Gasteiger partial charge in [0.2, 0.25) is 5.91 Å². The molecule has 2 N–H and O–H groups in total. The molecule has 212 valence electrons. The molecule has 1 amide bonds. The summed E-state index contributed by atoms with van der Waals surface area (Å²) >= 11 is 0. The van der Waals surface area contributed by atoms with Crippen molar-refractivity contribution in [2.45, 2.75) is 112 Å². The molecular formula is C33H51NO4. The number of fused-ring (bicyclic) bond motifs is 7. The Labute approximate surface area is 230 Å². The summed E-state index contributed by atoms with van der Waals surface area (Å²) in [6.07, 6.45) is 12.0. The van der Waals surface area contributed by atoms with Crippen LogP contribution in [0, 0.1) is 50.2 Å². The number of hydroxylamine groups is 1. The standard InChI is InChI=1S/C33H51NO4/c1-9-18-38-34-27(37)30(5)15-14-29(4)16-17-32(7)21(22(29)20-30)19-23(35)26-31(6)12-11-25(36)28(2,3)24(31)10-13-33(26,32)8/h9,19,22,24-26,36H,1,10-18,20H2,2-8H3,(H,34,37). The van der Waals surface area contributed by atoms with Crippen LogP contribution in [0.4, 0.5) is 0 Å². The third kappa shape index (κ3) is 3.62. The van der Waals surface area contributed by atoms with Gasteiger partial charge in [0.1, 0.15) is 0 Å². The molecule has 5 rings (SSSR count). The highest BCUT2D eigenvalue weighted by Gasteiger charge is 2.70. The van der Waals surface area contributed by atoms with Crippen LogP contribution in [0.3, 0.4) is 0 Å². The summed E-state index contributed by atoms with van der Waals surface area (Å²) < 4.78 is 0. The van der Waals surface area contributed by atoms with Crippen molar-refractivity contribution in [3.63, 3.8) is 0 Å². The van der Waals surface area contributed by atoms with Crippen LogP contribution in [0.2, 0.25) is 0 Å². The molecule has 0 saturated heterocycles. The van der Waals surface area contributed by atoms with E-state index in [0.717, 1.165) is 57.8 Å². The highest BCUT2D eigenvalue weighted by molar-refractivity contribution is 5.95. The molecule has 5 heteroatoms. The quantitative estimate of drug-likeness (QED) is 0.248. The van der Waals surface area contributed by atoms with E-state index in [1.807, 2.05) is 0 Å². The zero-order valence-electron chi connectivity index (χ0n) is 24.9. The number of nitrogens with one attached hydrogen (secondary N) is 1. The second-order valence-corrected chi connectivity index (χ2v) is 15.7. The second kappa shape index (κ2) is 8.77. The van der Waals surface area contributed by atoms with Gasteiger partial charge in [0.05, 0.1) is 12.7 Å². The van der Waals surface area contributed by atoms with Crippen LogP contribution in [-0.4, -0.2) is 29.5 Å². The maximum atomic E-state index is 14.4. The van der Waals surface area contributed by atoms with E-state index < -0.39 is 5.41 Å². The van der Waals surface area contributed by atoms with E-state index in [1.54, 1.807) is 6.08 Å². The summed E-state index contributed by atoms with van der Waals surface area (Å²) in [7, 11) is 0. The third-order valence-electron chi connectivity index (χ3n) is 13.5. The van der Waals surface area contributed by atoms with Gasteiger partial charge in [-0.15, -0.1) is 6.58 Å². The largest absolute Gasteiger partial charge is 0.393 e. The first-order valence-corrected chi connectivity index (χ1v) is 15.1. The van der Waals surface area contributed by atoms with Crippen molar-refractivity contribution >= 4 is 11.7 Å². The molecule has 0 heterocycles. The summed E-state index contributed by atoms with van der Waals surface area (Å²) in [5, 5.41) is 10.9. The maximum Gasteiger partial charge on any atom is 0.249 e. The fourth-order valence-corrected chi connectivity index (χ4v) is 10.7. The summed E-state index contributed by atoms with van der Waals surface area (Å²) in [6, 6.07) is 0. The Morgan fingerprint density at radius 2 is 1.74 bits per heavy atom. The number of carbonyl (C=O) groups excluding carboxylic acids is 2. The molecule has 4 saturated carbocycles. The molecule has 9 unspecified atom stereocenters. The number of ketones is 1. The predicted molar refractivity (Wildman–Crippen MR) is 150 cm³/mol. The number of aliphatic hydroxyl groups is 1. The molecule has 38 heavy (non-hydrogen) atoms. The van der Waals surface area contributed by atoms with E-state index in [2.05, 4.69) is 66.6 Å². The van der Waals surface area contributed by atoms with E-state index >= 15 is 0 Å². The normalized spacial score (nSPS) is 49.5. The van der Waals surface area contributed by atoms with Gasteiger partial charge in [0.15, 0.2) is 5.78 Å². The minimum atomic E-state index is -0.529. The van der Waals surface area contributed by atoms with Crippen molar-refractivity contribution in [2.24, 2.45) is 50.2 Å². The van der Waals surface area contributed by atoms with Gasteiger partial charge in [-0.1, -0.05) is 60.1 Å². The Balaban J connectivity index is 1.54. The van der Waals surface area contributed by atoms with Crippen molar-refractivity contribution in [2.75, 3.05) is 6.61 Å². The summed E-state index contributed by atoms with van der Waals surface area (Å²) in [6.45, 7) is 20.1. The fourth-order valence-electron chi connectivity index (χ4n) is 10.7. The lowest BCUT2D eigenvalue weighted by Gasteiger charge is -2.70. The van der Waals surface area contributed by atoms with E-state index in [9.17, 15) is 14.7 Å². The number of hydrogen-bond donors (Lipinski definition) is 2. The van der Waals surface area contributed by atoms with E-state index in [1.165, 1.54) is 5.57 Å². The number of aliphatic hydroxyl groups excluding tert-OH is 1. The molecular weight excluding hydrogens is 474 g/mol. The van der Waals surface area contributed by atoms with Crippen LogP contribution in [0.5, 0.6) is 0 Å².